The van der Waals surface area contributed by atoms with Gasteiger partial charge < -0.3 is 19.1 Å². The van der Waals surface area contributed by atoms with Crippen LogP contribution in [-0.4, -0.2) is 64.9 Å². The maximum absolute atomic E-state index is 12.9. The summed E-state index contributed by atoms with van der Waals surface area (Å²) in [5, 5.41) is 0. The average molecular weight is 370 g/mol. The second-order valence-electron chi connectivity index (χ2n) is 6.46. The van der Waals surface area contributed by atoms with Crippen molar-refractivity contribution in [1.29, 1.82) is 0 Å². The third kappa shape index (κ3) is 6.04. The molecule has 1 aliphatic carbocycles. The van der Waals surface area contributed by atoms with Gasteiger partial charge in [0.25, 0.3) is 0 Å². The average Bonchev–Trinajstić information content (AvgIpc) is 3.34. The van der Waals surface area contributed by atoms with Gasteiger partial charge in [0.1, 0.15) is 0 Å². The first kappa shape index (κ1) is 19.8. The lowest BCUT2D eigenvalue weighted by Gasteiger charge is -2.28. The topological polar surface area (TPSA) is 54.8 Å². The predicted octanol–water partition coefficient (Wildman–Crippen LogP) is 2.01. The Labute approximate surface area is 154 Å². The molecule has 140 valence electrons. The van der Waals surface area contributed by atoms with E-state index < -0.39 is 0 Å². The standard InChI is InChI=1S/C18H28ClN3O3/c1-20-10-3-5-16(20)13-22(15-6-7-15)18(24)14-21(11-4-12-25-2)17(23)8-9-19/h3,5,10,15H,4,6-9,11-14H2,1-2H3. The van der Waals surface area contributed by atoms with E-state index >= 15 is 0 Å². The fraction of sp³-hybridized carbons (Fsp3) is 0.667. The minimum atomic E-state index is -0.0749. The van der Waals surface area contributed by atoms with Crippen LogP contribution in [0.15, 0.2) is 18.3 Å². The van der Waals surface area contributed by atoms with Crippen LogP contribution < -0.4 is 0 Å². The van der Waals surface area contributed by atoms with Gasteiger partial charge in [0.05, 0.1) is 13.1 Å². The lowest BCUT2D eigenvalue weighted by atomic mass is 10.3. The summed E-state index contributed by atoms with van der Waals surface area (Å²) in [6, 6.07) is 4.30. The van der Waals surface area contributed by atoms with Gasteiger partial charge in [-0.1, -0.05) is 0 Å². The predicted molar refractivity (Wildman–Crippen MR) is 97.4 cm³/mol. The van der Waals surface area contributed by atoms with Gasteiger partial charge in [-0.3, -0.25) is 9.59 Å². The van der Waals surface area contributed by atoms with Gasteiger partial charge in [-0.2, -0.15) is 0 Å². The molecule has 2 rings (SSSR count). The molecule has 6 nitrogen and oxygen atoms in total. The van der Waals surface area contributed by atoms with Crippen molar-refractivity contribution in [3.8, 4) is 0 Å². The molecule has 1 aromatic rings. The van der Waals surface area contributed by atoms with Gasteiger partial charge in [-0.15, -0.1) is 11.6 Å². The Hall–Kier alpha value is -1.53. The van der Waals surface area contributed by atoms with Crippen molar-refractivity contribution >= 4 is 23.4 Å². The third-order valence-electron chi connectivity index (χ3n) is 4.46. The van der Waals surface area contributed by atoms with Gasteiger partial charge in [-0.05, 0) is 31.4 Å². The number of carbonyl (C=O) groups is 2. The molecule has 0 aliphatic heterocycles. The molecule has 0 bridgehead atoms. The van der Waals surface area contributed by atoms with E-state index in [2.05, 4.69) is 0 Å². The molecule has 1 aromatic heterocycles. The highest BCUT2D eigenvalue weighted by atomic mass is 35.5. The Morgan fingerprint density at radius 3 is 2.68 bits per heavy atom. The molecule has 0 aromatic carbocycles. The van der Waals surface area contributed by atoms with Crippen LogP contribution in [0.25, 0.3) is 0 Å². The van der Waals surface area contributed by atoms with Crippen molar-refractivity contribution < 1.29 is 14.3 Å². The summed E-state index contributed by atoms with van der Waals surface area (Å²) in [5.41, 5.74) is 1.10. The molecule has 0 atom stereocenters. The van der Waals surface area contributed by atoms with Gasteiger partial charge in [0.15, 0.2) is 0 Å². The van der Waals surface area contributed by atoms with E-state index in [1.807, 2.05) is 34.8 Å². The number of methoxy groups -OCH3 is 1. The molecule has 2 amide bonds. The van der Waals surface area contributed by atoms with Crippen LogP contribution in [0.5, 0.6) is 0 Å². The van der Waals surface area contributed by atoms with Gasteiger partial charge in [0, 0.05) is 57.5 Å². The van der Waals surface area contributed by atoms with Crippen molar-refractivity contribution in [3.05, 3.63) is 24.0 Å². The quantitative estimate of drug-likeness (QED) is 0.443. The van der Waals surface area contributed by atoms with Crippen LogP contribution in [0.3, 0.4) is 0 Å². The molecule has 0 N–H and O–H groups in total. The van der Waals surface area contributed by atoms with E-state index in [0.29, 0.717) is 32.2 Å². The summed E-state index contributed by atoms with van der Waals surface area (Å²) in [6.07, 6.45) is 5.01. The molecular weight excluding hydrogens is 342 g/mol. The smallest absolute Gasteiger partial charge is 0.242 e. The minimum absolute atomic E-state index is 0.00374. The fourth-order valence-corrected chi connectivity index (χ4v) is 2.99. The zero-order chi connectivity index (χ0) is 18.2. The van der Waals surface area contributed by atoms with E-state index in [-0.39, 0.29) is 30.7 Å². The molecule has 0 unspecified atom stereocenters. The lowest BCUT2D eigenvalue weighted by molar-refractivity contribution is -0.141. The van der Waals surface area contributed by atoms with E-state index in [1.54, 1.807) is 12.0 Å². The Balaban J connectivity index is 2.00. The molecular formula is C18H28ClN3O3. The Bertz CT molecular complexity index is 572. The van der Waals surface area contributed by atoms with E-state index in [1.165, 1.54) is 0 Å². The Morgan fingerprint density at radius 1 is 1.36 bits per heavy atom. The molecule has 7 heteroatoms. The Kier molecular flexibility index (Phi) is 7.78. The first-order valence-electron chi connectivity index (χ1n) is 8.79. The second kappa shape index (κ2) is 9.82. The number of nitrogens with zero attached hydrogens (tertiary/aromatic N) is 3. The zero-order valence-corrected chi connectivity index (χ0v) is 15.9. The molecule has 0 radical (unpaired) electrons. The summed E-state index contributed by atoms with van der Waals surface area (Å²) in [6.45, 7) is 1.77. The van der Waals surface area contributed by atoms with Gasteiger partial charge >= 0.3 is 0 Å². The number of amides is 2. The maximum Gasteiger partial charge on any atom is 0.242 e. The van der Waals surface area contributed by atoms with Crippen LogP contribution in [0.2, 0.25) is 0 Å². The second-order valence-corrected chi connectivity index (χ2v) is 6.84. The summed E-state index contributed by atoms with van der Waals surface area (Å²) in [5.74, 6) is 0.196. The first-order valence-corrected chi connectivity index (χ1v) is 9.32. The van der Waals surface area contributed by atoms with Crippen LogP contribution in [0, 0.1) is 0 Å². The van der Waals surface area contributed by atoms with Crippen molar-refractivity contribution in [2.75, 3.05) is 32.7 Å². The zero-order valence-electron chi connectivity index (χ0n) is 15.1. The van der Waals surface area contributed by atoms with Crippen LogP contribution >= 0.6 is 11.6 Å². The number of halogens is 1. The van der Waals surface area contributed by atoms with E-state index in [0.717, 1.165) is 18.5 Å². The number of rotatable bonds is 11. The highest BCUT2D eigenvalue weighted by Gasteiger charge is 2.34. The van der Waals surface area contributed by atoms with E-state index in [9.17, 15) is 9.59 Å². The number of aryl methyl sites for hydroxylation is 1. The first-order chi connectivity index (χ1) is 12.1. The summed E-state index contributed by atoms with van der Waals surface area (Å²) in [7, 11) is 3.61. The van der Waals surface area contributed by atoms with Crippen molar-refractivity contribution in [2.24, 2.45) is 7.05 Å². The number of carbonyl (C=O) groups excluding carboxylic acids is 2. The largest absolute Gasteiger partial charge is 0.385 e. The maximum atomic E-state index is 12.9. The summed E-state index contributed by atoms with van der Waals surface area (Å²) in [4.78, 5) is 28.7. The monoisotopic (exact) mass is 369 g/mol. The number of hydrogen-bond donors (Lipinski definition) is 0. The molecule has 25 heavy (non-hydrogen) atoms. The highest BCUT2D eigenvalue weighted by molar-refractivity contribution is 6.18. The SMILES string of the molecule is COCCCN(CC(=O)N(Cc1cccn1C)C1CC1)C(=O)CCCl. The normalized spacial score (nSPS) is 13.7. The number of aromatic nitrogens is 1. The molecule has 0 spiro atoms. The molecule has 1 heterocycles. The van der Waals surface area contributed by atoms with E-state index in [4.69, 9.17) is 16.3 Å². The molecule has 1 fully saturated rings. The van der Waals surface area contributed by atoms with Crippen molar-refractivity contribution in [2.45, 2.75) is 38.3 Å². The van der Waals surface area contributed by atoms with Crippen molar-refractivity contribution in [1.82, 2.24) is 14.4 Å². The Morgan fingerprint density at radius 2 is 2.12 bits per heavy atom. The highest BCUT2D eigenvalue weighted by Crippen LogP contribution is 2.28. The van der Waals surface area contributed by atoms with Crippen LogP contribution in [-0.2, 0) is 27.9 Å². The van der Waals surface area contributed by atoms with Gasteiger partial charge in [-0.25, -0.2) is 0 Å². The molecule has 1 saturated carbocycles. The number of alkyl halides is 1. The third-order valence-corrected chi connectivity index (χ3v) is 4.64. The summed E-state index contributed by atoms with van der Waals surface area (Å²) < 4.78 is 7.08. The van der Waals surface area contributed by atoms with Crippen LogP contribution in [0.1, 0.15) is 31.4 Å². The molecule has 0 saturated heterocycles. The van der Waals surface area contributed by atoms with Crippen LogP contribution in [0.4, 0.5) is 0 Å². The lowest BCUT2D eigenvalue weighted by Crippen LogP contribution is -2.44. The minimum Gasteiger partial charge on any atom is -0.385 e. The summed E-state index contributed by atoms with van der Waals surface area (Å²) >= 11 is 5.70. The fourth-order valence-electron chi connectivity index (χ4n) is 2.83. The molecule has 1 aliphatic rings. The number of hydrogen-bond acceptors (Lipinski definition) is 3. The number of ether oxygens (including phenoxy) is 1. The van der Waals surface area contributed by atoms with Crippen molar-refractivity contribution in [3.63, 3.8) is 0 Å². The van der Waals surface area contributed by atoms with Gasteiger partial charge in [0.2, 0.25) is 11.8 Å².